The number of hydrogen-bond donors (Lipinski definition) is 3. The van der Waals surface area contributed by atoms with Crippen molar-refractivity contribution in [2.75, 3.05) is 18.4 Å². The van der Waals surface area contributed by atoms with Crippen molar-refractivity contribution in [3.8, 4) is 0 Å². The quantitative estimate of drug-likeness (QED) is 0.572. The third kappa shape index (κ3) is 4.81. The Kier molecular flexibility index (Phi) is 4.60. The SMILES string of the molecule is CC(C)(CN)CN=C(Nc1cccc(F)c1)NC1CC1. The first-order valence-electron chi connectivity index (χ1n) is 7.02. The lowest BCUT2D eigenvalue weighted by atomic mass is 9.94. The molecule has 0 aliphatic heterocycles. The molecule has 0 spiro atoms. The zero-order chi connectivity index (χ0) is 14.6. The monoisotopic (exact) mass is 278 g/mol. The molecule has 110 valence electrons. The van der Waals surface area contributed by atoms with Gasteiger partial charge >= 0.3 is 0 Å². The Balaban J connectivity index is 2.04. The molecule has 0 unspecified atom stereocenters. The summed E-state index contributed by atoms with van der Waals surface area (Å²) in [6.07, 6.45) is 2.31. The molecule has 0 saturated heterocycles. The van der Waals surface area contributed by atoms with Gasteiger partial charge in [0.05, 0.1) is 0 Å². The molecule has 0 amide bonds. The van der Waals surface area contributed by atoms with Gasteiger partial charge in [-0.15, -0.1) is 0 Å². The first-order chi connectivity index (χ1) is 9.48. The van der Waals surface area contributed by atoms with E-state index in [1.54, 1.807) is 6.07 Å². The van der Waals surface area contributed by atoms with Gasteiger partial charge in [-0.1, -0.05) is 19.9 Å². The van der Waals surface area contributed by atoms with Crippen molar-refractivity contribution in [3.05, 3.63) is 30.1 Å². The predicted octanol–water partition coefficient (Wildman–Crippen LogP) is 2.33. The molecule has 1 aromatic carbocycles. The van der Waals surface area contributed by atoms with Crippen molar-refractivity contribution in [2.45, 2.75) is 32.7 Å². The van der Waals surface area contributed by atoms with Crippen LogP contribution in [0.3, 0.4) is 0 Å². The Labute approximate surface area is 119 Å². The van der Waals surface area contributed by atoms with E-state index in [9.17, 15) is 4.39 Å². The summed E-state index contributed by atoms with van der Waals surface area (Å²) < 4.78 is 13.2. The van der Waals surface area contributed by atoms with Crippen LogP contribution in [0.2, 0.25) is 0 Å². The van der Waals surface area contributed by atoms with E-state index in [0.29, 0.717) is 30.8 Å². The topological polar surface area (TPSA) is 62.4 Å². The molecule has 1 aliphatic carbocycles. The number of aliphatic imine (C=N–C) groups is 1. The minimum absolute atomic E-state index is 0.0416. The Bertz CT molecular complexity index is 481. The number of benzene rings is 1. The van der Waals surface area contributed by atoms with Crippen LogP contribution in [0.25, 0.3) is 0 Å². The van der Waals surface area contributed by atoms with Crippen molar-refractivity contribution in [1.82, 2.24) is 5.32 Å². The molecule has 0 atom stereocenters. The maximum absolute atomic E-state index is 13.2. The van der Waals surface area contributed by atoms with E-state index in [4.69, 9.17) is 5.73 Å². The summed E-state index contributed by atoms with van der Waals surface area (Å²) in [7, 11) is 0. The maximum Gasteiger partial charge on any atom is 0.196 e. The van der Waals surface area contributed by atoms with Gasteiger partial charge in [-0.25, -0.2) is 4.39 Å². The van der Waals surface area contributed by atoms with E-state index in [0.717, 1.165) is 12.8 Å². The lowest BCUT2D eigenvalue weighted by molar-refractivity contribution is 0.393. The van der Waals surface area contributed by atoms with Gasteiger partial charge in [0.1, 0.15) is 5.82 Å². The summed E-state index contributed by atoms with van der Waals surface area (Å²) in [5.74, 6) is 0.433. The summed E-state index contributed by atoms with van der Waals surface area (Å²) in [6.45, 7) is 5.36. The molecule has 0 radical (unpaired) electrons. The van der Waals surface area contributed by atoms with Crippen LogP contribution in [0.1, 0.15) is 26.7 Å². The van der Waals surface area contributed by atoms with Crippen LogP contribution in [0, 0.1) is 11.2 Å². The highest BCUT2D eigenvalue weighted by Gasteiger charge is 2.23. The standard InChI is InChI=1S/C15H23FN4/c1-15(2,9-17)10-18-14(19-12-6-7-12)20-13-5-3-4-11(16)8-13/h3-5,8,12H,6-7,9-10,17H2,1-2H3,(H2,18,19,20). The lowest BCUT2D eigenvalue weighted by Gasteiger charge is -2.21. The minimum Gasteiger partial charge on any atom is -0.353 e. The number of halogens is 1. The molecular formula is C15H23FN4. The molecule has 1 fully saturated rings. The highest BCUT2D eigenvalue weighted by atomic mass is 19.1. The van der Waals surface area contributed by atoms with Gasteiger partial charge in [-0.05, 0) is 43.0 Å². The normalized spacial score (nSPS) is 16.1. The first kappa shape index (κ1) is 14.8. The number of nitrogens with one attached hydrogen (secondary N) is 2. The van der Waals surface area contributed by atoms with Crippen LogP contribution < -0.4 is 16.4 Å². The molecule has 0 heterocycles. The second kappa shape index (κ2) is 6.22. The summed E-state index contributed by atoms with van der Waals surface area (Å²) in [5.41, 5.74) is 6.37. The number of nitrogens with zero attached hydrogens (tertiary/aromatic N) is 1. The minimum atomic E-state index is -0.261. The smallest absolute Gasteiger partial charge is 0.196 e. The molecule has 2 rings (SSSR count). The summed E-state index contributed by atoms with van der Waals surface area (Å²) in [6, 6.07) is 6.86. The van der Waals surface area contributed by atoms with Gasteiger partial charge in [0.25, 0.3) is 0 Å². The zero-order valence-electron chi connectivity index (χ0n) is 12.1. The fraction of sp³-hybridized carbons (Fsp3) is 0.533. The molecule has 20 heavy (non-hydrogen) atoms. The van der Waals surface area contributed by atoms with E-state index in [2.05, 4.69) is 29.5 Å². The van der Waals surface area contributed by atoms with Gasteiger partial charge in [0, 0.05) is 18.3 Å². The van der Waals surface area contributed by atoms with Gasteiger partial charge in [-0.3, -0.25) is 4.99 Å². The Morgan fingerprint density at radius 1 is 1.45 bits per heavy atom. The second-order valence-electron chi connectivity index (χ2n) is 6.09. The van der Waals surface area contributed by atoms with Gasteiger partial charge < -0.3 is 16.4 Å². The number of hydrogen-bond acceptors (Lipinski definition) is 2. The van der Waals surface area contributed by atoms with Gasteiger partial charge in [0.15, 0.2) is 5.96 Å². The number of nitrogens with two attached hydrogens (primary N) is 1. The molecule has 0 bridgehead atoms. The average molecular weight is 278 g/mol. The third-order valence-corrected chi connectivity index (χ3v) is 3.22. The van der Waals surface area contributed by atoms with Crippen molar-refractivity contribution in [2.24, 2.45) is 16.1 Å². The van der Waals surface area contributed by atoms with Crippen molar-refractivity contribution < 1.29 is 4.39 Å². The fourth-order valence-electron chi connectivity index (χ4n) is 1.60. The Morgan fingerprint density at radius 2 is 2.20 bits per heavy atom. The van der Waals surface area contributed by atoms with Crippen LogP contribution in [0.15, 0.2) is 29.3 Å². The number of guanidine groups is 1. The van der Waals surface area contributed by atoms with E-state index in [-0.39, 0.29) is 11.2 Å². The average Bonchev–Trinajstić information content (AvgIpc) is 3.20. The predicted molar refractivity (Wildman–Crippen MR) is 81.3 cm³/mol. The number of anilines is 1. The largest absolute Gasteiger partial charge is 0.353 e. The van der Waals surface area contributed by atoms with E-state index in [1.165, 1.54) is 12.1 Å². The van der Waals surface area contributed by atoms with Crippen LogP contribution in [0.5, 0.6) is 0 Å². The van der Waals surface area contributed by atoms with Crippen molar-refractivity contribution in [3.63, 3.8) is 0 Å². The highest BCUT2D eigenvalue weighted by Crippen LogP contribution is 2.20. The summed E-state index contributed by atoms with van der Waals surface area (Å²) in [5, 5.41) is 6.48. The Hall–Kier alpha value is -1.62. The zero-order valence-corrected chi connectivity index (χ0v) is 12.1. The molecular weight excluding hydrogens is 255 g/mol. The molecule has 4 nitrogen and oxygen atoms in total. The molecule has 1 aliphatic rings. The highest BCUT2D eigenvalue weighted by molar-refractivity contribution is 5.94. The third-order valence-electron chi connectivity index (χ3n) is 3.22. The van der Waals surface area contributed by atoms with Gasteiger partial charge in [-0.2, -0.15) is 0 Å². The second-order valence-corrected chi connectivity index (χ2v) is 6.09. The van der Waals surface area contributed by atoms with Crippen LogP contribution >= 0.6 is 0 Å². The van der Waals surface area contributed by atoms with Crippen molar-refractivity contribution >= 4 is 11.6 Å². The van der Waals surface area contributed by atoms with E-state index >= 15 is 0 Å². The van der Waals surface area contributed by atoms with Crippen LogP contribution in [-0.2, 0) is 0 Å². The summed E-state index contributed by atoms with van der Waals surface area (Å²) >= 11 is 0. The van der Waals surface area contributed by atoms with Crippen molar-refractivity contribution in [1.29, 1.82) is 0 Å². The Morgan fingerprint density at radius 3 is 2.80 bits per heavy atom. The van der Waals surface area contributed by atoms with Crippen LogP contribution in [-0.4, -0.2) is 25.1 Å². The summed E-state index contributed by atoms with van der Waals surface area (Å²) in [4.78, 5) is 4.56. The van der Waals surface area contributed by atoms with E-state index < -0.39 is 0 Å². The fourth-order valence-corrected chi connectivity index (χ4v) is 1.60. The lowest BCUT2D eigenvalue weighted by Crippen LogP contribution is -2.35. The first-order valence-corrected chi connectivity index (χ1v) is 7.02. The molecule has 1 aromatic rings. The molecule has 0 aromatic heterocycles. The molecule has 1 saturated carbocycles. The molecule has 5 heteroatoms. The molecule has 4 N–H and O–H groups in total. The number of rotatable bonds is 5. The maximum atomic E-state index is 13.2. The van der Waals surface area contributed by atoms with Crippen LogP contribution in [0.4, 0.5) is 10.1 Å². The van der Waals surface area contributed by atoms with Gasteiger partial charge in [0.2, 0.25) is 0 Å². The van der Waals surface area contributed by atoms with E-state index in [1.807, 2.05) is 6.07 Å².